The van der Waals surface area contributed by atoms with E-state index in [4.69, 9.17) is 4.98 Å². The predicted octanol–water partition coefficient (Wildman–Crippen LogP) is 5.12. The van der Waals surface area contributed by atoms with Gasteiger partial charge in [-0.3, -0.25) is 9.59 Å². The molecule has 2 heterocycles. The van der Waals surface area contributed by atoms with E-state index in [1.807, 2.05) is 66.4 Å². The van der Waals surface area contributed by atoms with E-state index in [1.165, 1.54) is 0 Å². The first-order valence-electron chi connectivity index (χ1n) is 10.6. The first-order valence-corrected chi connectivity index (χ1v) is 10.6. The standard InChI is InChI=1S/C25H27N3O2/c1-3-24(29)26-19-10-8-18(9-11-19)23-16-21(20-6-4-5-7-22(20)27-23)25(30)28-14-12-17(2)13-15-28/h4-11,16-17H,3,12-15H2,1-2H3,(H,26,29). The van der Waals surface area contributed by atoms with Crippen LogP contribution in [-0.4, -0.2) is 34.8 Å². The molecule has 1 N–H and O–H groups in total. The molecule has 5 nitrogen and oxygen atoms in total. The van der Waals surface area contributed by atoms with Crippen LogP contribution in [0.4, 0.5) is 5.69 Å². The lowest BCUT2D eigenvalue weighted by Crippen LogP contribution is -2.38. The first-order chi connectivity index (χ1) is 14.5. The van der Waals surface area contributed by atoms with Crippen LogP contribution in [0.15, 0.2) is 54.6 Å². The second kappa shape index (κ2) is 8.66. The zero-order valence-electron chi connectivity index (χ0n) is 17.5. The molecule has 0 bridgehead atoms. The van der Waals surface area contributed by atoms with Gasteiger partial charge in [0.2, 0.25) is 5.91 Å². The van der Waals surface area contributed by atoms with E-state index in [0.717, 1.165) is 53.8 Å². The molecule has 1 saturated heterocycles. The molecular weight excluding hydrogens is 374 g/mol. The van der Waals surface area contributed by atoms with Crippen molar-refractivity contribution < 1.29 is 9.59 Å². The van der Waals surface area contributed by atoms with Crippen molar-refractivity contribution in [1.29, 1.82) is 0 Å². The molecule has 30 heavy (non-hydrogen) atoms. The number of amides is 2. The number of nitrogens with one attached hydrogen (secondary N) is 1. The summed E-state index contributed by atoms with van der Waals surface area (Å²) in [4.78, 5) is 31.7. The Morgan fingerprint density at radius 1 is 1.07 bits per heavy atom. The third-order valence-electron chi connectivity index (χ3n) is 5.80. The highest BCUT2D eigenvalue weighted by Gasteiger charge is 2.23. The fourth-order valence-electron chi connectivity index (χ4n) is 3.86. The van der Waals surface area contributed by atoms with Crippen molar-refractivity contribution in [2.24, 2.45) is 5.92 Å². The second-order valence-electron chi connectivity index (χ2n) is 8.03. The Morgan fingerprint density at radius 3 is 2.47 bits per heavy atom. The average molecular weight is 402 g/mol. The van der Waals surface area contributed by atoms with Crippen LogP contribution >= 0.6 is 0 Å². The summed E-state index contributed by atoms with van der Waals surface area (Å²) < 4.78 is 0. The number of carbonyl (C=O) groups excluding carboxylic acids is 2. The van der Waals surface area contributed by atoms with Crippen molar-refractivity contribution in [1.82, 2.24) is 9.88 Å². The summed E-state index contributed by atoms with van der Waals surface area (Å²) in [5.74, 6) is 0.731. The number of carbonyl (C=O) groups is 2. The molecule has 2 aromatic carbocycles. The number of fused-ring (bicyclic) bond motifs is 1. The highest BCUT2D eigenvalue weighted by molar-refractivity contribution is 6.07. The number of para-hydroxylation sites is 1. The minimum Gasteiger partial charge on any atom is -0.339 e. The molecule has 0 radical (unpaired) electrons. The maximum atomic E-state index is 13.4. The topological polar surface area (TPSA) is 62.3 Å². The van der Waals surface area contributed by atoms with E-state index in [0.29, 0.717) is 17.9 Å². The summed E-state index contributed by atoms with van der Waals surface area (Å²) in [5.41, 5.74) is 3.94. The molecule has 4 rings (SSSR count). The van der Waals surface area contributed by atoms with Crippen molar-refractivity contribution in [3.8, 4) is 11.3 Å². The lowest BCUT2D eigenvalue weighted by Gasteiger charge is -2.30. The Bertz CT molecular complexity index is 1070. The van der Waals surface area contributed by atoms with Gasteiger partial charge in [0.15, 0.2) is 0 Å². The number of nitrogens with zero attached hydrogens (tertiary/aromatic N) is 2. The van der Waals surface area contributed by atoms with Gasteiger partial charge in [0.05, 0.1) is 16.8 Å². The molecular formula is C25H27N3O2. The molecule has 1 aromatic heterocycles. The molecule has 1 fully saturated rings. The second-order valence-corrected chi connectivity index (χ2v) is 8.03. The van der Waals surface area contributed by atoms with E-state index >= 15 is 0 Å². The maximum Gasteiger partial charge on any atom is 0.254 e. The quantitative estimate of drug-likeness (QED) is 0.660. The van der Waals surface area contributed by atoms with Gasteiger partial charge in [0.1, 0.15) is 0 Å². The van der Waals surface area contributed by atoms with Crippen molar-refractivity contribution in [3.63, 3.8) is 0 Å². The van der Waals surface area contributed by atoms with E-state index in [2.05, 4.69) is 12.2 Å². The van der Waals surface area contributed by atoms with Crippen LogP contribution < -0.4 is 5.32 Å². The molecule has 0 unspecified atom stereocenters. The van der Waals surface area contributed by atoms with Gasteiger partial charge in [-0.1, -0.05) is 44.2 Å². The molecule has 1 aliphatic heterocycles. The van der Waals surface area contributed by atoms with Gasteiger partial charge in [-0.25, -0.2) is 4.98 Å². The number of pyridine rings is 1. The van der Waals surface area contributed by atoms with Crippen LogP contribution in [-0.2, 0) is 4.79 Å². The minimum absolute atomic E-state index is 0.0182. The minimum atomic E-state index is -0.0182. The van der Waals surface area contributed by atoms with Gasteiger partial charge in [-0.2, -0.15) is 0 Å². The molecule has 0 saturated carbocycles. The summed E-state index contributed by atoms with van der Waals surface area (Å²) in [6.07, 6.45) is 2.54. The van der Waals surface area contributed by atoms with Gasteiger partial charge in [0.25, 0.3) is 5.91 Å². The van der Waals surface area contributed by atoms with Crippen LogP contribution in [0.25, 0.3) is 22.2 Å². The SMILES string of the molecule is CCC(=O)Nc1ccc(-c2cc(C(=O)N3CCC(C)CC3)c3ccccc3n2)cc1. The van der Waals surface area contributed by atoms with Gasteiger partial charge in [-0.05, 0) is 43.0 Å². The fraction of sp³-hybridized carbons (Fsp3) is 0.320. The van der Waals surface area contributed by atoms with E-state index in [-0.39, 0.29) is 11.8 Å². The third-order valence-corrected chi connectivity index (χ3v) is 5.80. The van der Waals surface area contributed by atoms with E-state index < -0.39 is 0 Å². The van der Waals surface area contributed by atoms with Gasteiger partial charge in [0, 0.05) is 36.1 Å². The molecule has 5 heteroatoms. The van der Waals surface area contributed by atoms with E-state index in [9.17, 15) is 9.59 Å². The Hall–Kier alpha value is -3.21. The molecule has 0 atom stereocenters. The van der Waals surface area contributed by atoms with Gasteiger partial charge >= 0.3 is 0 Å². The van der Waals surface area contributed by atoms with Crippen molar-refractivity contribution in [2.75, 3.05) is 18.4 Å². The van der Waals surface area contributed by atoms with Crippen LogP contribution in [0.3, 0.4) is 0 Å². The zero-order chi connectivity index (χ0) is 21.1. The number of likely N-dealkylation sites (tertiary alicyclic amines) is 1. The third kappa shape index (κ3) is 4.20. The van der Waals surface area contributed by atoms with Crippen molar-refractivity contribution >= 4 is 28.4 Å². The highest BCUT2D eigenvalue weighted by Crippen LogP contribution is 2.28. The van der Waals surface area contributed by atoms with Crippen LogP contribution in [0.5, 0.6) is 0 Å². The monoisotopic (exact) mass is 401 g/mol. The Balaban J connectivity index is 1.70. The van der Waals surface area contributed by atoms with Crippen LogP contribution in [0, 0.1) is 5.92 Å². The smallest absolute Gasteiger partial charge is 0.254 e. The Labute approximate surface area is 177 Å². The number of hydrogen-bond donors (Lipinski definition) is 1. The molecule has 0 spiro atoms. The maximum absolute atomic E-state index is 13.4. The van der Waals surface area contributed by atoms with E-state index in [1.54, 1.807) is 0 Å². The normalized spacial score (nSPS) is 14.7. The highest BCUT2D eigenvalue weighted by atomic mass is 16.2. The number of aromatic nitrogens is 1. The summed E-state index contributed by atoms with van der Waals surface area (Å²) in [7, 11) is 0. The predicted molar refractivity (Wildman–Crippen MR) is 120 cm³/mol. The summed E-state index contributed by atoms with van der Waals surface area (Å²) in [5, 5.41) is 3.74. The largest absolute Gasteiger partial charge is 0.339 e. The van der Waals surface area contributed by atoms with Gasteiger partial charge < -0.3 is 10.2 Å². The van der Waals surface area contributed by atoms with Crippen LogP contribution in [0.1, 0.15) is 43.5 Å². The average Bonchev–Trinajstić information content (AvgIpc) is 2.78. The number of hydrogen-bond acceptors (Lipinski definition) is 3. The Morgan fingerprint density at radius 2 is 1.77 bits per heavy atom. The molecule has 1 aliphatic rings. The van der Waals surface area contributed by atoms with Crippen LogP contribution in [0.2, 0.25) is 0 Å². The molecule has 0 aliphatic carbocycles. The van der Waals surface area contributed by atoms with Crippen molar-refractivity contribution in [2.45, 2.75) is 33.1 Å². The molecule has 3 aromatic rings. The number of rotatable bonds is 4. The summed E-state index contributed by atoms with van der Waals surface area (Å²) in [6.45, 7) is 5.67. The van der Waals surface area contributed by atoms with Gasteiger partial charge in [-0.15, -0.1) is 0 Å². The lowest BCUT2D eigenvalue weighted by atomic mass is 9.97. The fourth-order valence-corrected chi connectivity index (χ4v) is 3.86. The number of anilines is 1. The number of piperidine rings is 1. The molecule has 2 amide bonds. The Kier molecular flexibility index (Phi) is 5.79. The summed E-state index contributed by atoms with van der Waals surface area (Å²) >= 11 is 0. The summed E-state index contributed by atoms with van der Waals surface area (Å²) in [6, 6.07) is 17.3. The number of benzene rings is 2. The lowest BCUT2D eigenvalue weighted by molar-refractivity contribution is -0.115. The first kappa shape index (κ1) is 20.1. The van der Waals surface area contributed by atoms with Crippen molar-refractivity contribution in [3.05, 3.63) is 60.2 Å². The zero-order valence-corrected chi connectivity index (χ0v) is 17.5. The molecule has 154 valence electrons.